The van der Waals surface area contributed by atoms with Crippen LogP contribution < -0.4 is 5.32 Å². The van der Waals surface area contributed by atoms with Gasteiger partial charge in [0.1, 0.15) is 5.69 Å². The molecule has 0 spiro atoms. The maximum Gasteiger partial charge on any atom is 0.195 e. The van der Waals surface area contributed by atoms with Gasteiger partial charge in [-0.2, -0.15) is 5.10 Å². The highest BCUT2D eigenvalue weighted by Crippen LogP contribution is 2.16. The molecule has 1 aromatic heterocycles. The van der Waals surface area contributed by atoms with Crippen LogP contribution in [0.25, 0.3) is 0 Å². The molecule has 0 aliphatic carbocycles. The maximum absolute atomic E-state index is 12.0. The molecule has 0 aliphatic rings. The minimum atomic E-state index is 0.0407. The number of aryl methyl sites for hydroxylation is 1. The van der Waals surface area contributed by atoms with Crippen molar-refractivity contribution in [2.75, 3.05) is 26.8 Å². The van der Waals surface area contributed by atoms with E-state index >= 15 is 0 Å². The highest BCUT2D eigenvalue weighted by atomic mass is 79.9. The van der Waals surface area contributed by atoms with Gasteiger partial charge in [0.2, 0.25) is 0 Å². The summed E-state index contributed by atoms with van der Waals surface area (Å²) in [5.41, 5.74) is 0.636. The fraction of sp³-hybridized carbons (Fsp3) is 0.636. The molecule has 0 saturated heterocycles. The number of carbonyl (C=O) groups excluding carboxylic acids is 1. The normalized spacial score (nSPS) is 10.8. The van der Waals surface area contributed by atoms with Crippen LogP contribution in [0.5, 0.6) is 0 Å². The Bertz CT molecular complexity index is 366. The Morgan fingerprint density at radius 3 is 3.06 bits per heavy atom. The summed E-state index contributed by atoms with van der Waals surface area (Å²) in [6.45, 7) is 4.38. The second-order valence-electron chi connectivity index (χ2n) is 3.66. The molecule has 17 heavy (non-hydrogen) atoms. The number of Topliss-reactive ketones (excluding diaryl/α,β-unsaturated/α-hetero) is 1. The van der Waals surface area contributed by atoms with E-state index in [-0.39, 0.29) is 5.78 Å². The Hall–Kier alpha value is -0.720. The number of ketones is 1. The molecule has 0 atom stereocenters. The number of aromatic nitrogens is 2. The summed E-state index contributed by atoms with van der Waals surface area (Å²) in [7, 11) is 1.64. The Kier molecular flexibility index (Phi) is 6.39. The first-order valence-corrected chi connectivity index (χ1v) is 6.44. The van der Waals surface area contributed by atoms with Gasteiger partial charge in [0.05, 0.1) is 23.8 Å². The Morgan fingerprint density at radius 2 is 2.41 bits per heavy atom. The third-order valence-corrected chi connectivity index (χ3v) is 2.84. The highest BCUT2D eigenvalue weighted by Gasteiger charge is 2.15. The molecule has 0 aliphatic heterocycles. The molecular formula is C11H18BrN3O2. The monoisotopic (exact) mass is 303 g/mol. The van der Waals surface area contributed by atoms with Gasteiger partial charge in [-0.1, -0.05) is 6.92 Å². The molecular weight excluding hydrogens is 286 g/mol. The highest BCUT2D eigenvalue weighted by molar-refractivity contribution is 9.10. The van der Waals surface area contributed by atoms with E-state index in [0.717, 1.165) is 17.4 Å². The van der Waals surface area contributed by atoms with E-state index in [9.17, 15) is 4.79 Å². The number of halogens is 1. The van der Waals surface area contributed by atoms with Crippen LogP contribution in [-0.2, 0) is 11.3 Å². The van der Waals surface area contributed by atoms with Crippen LogP contribution in [0.1, 0.15) is 23.8 Å². The van der Waals surface area contributed by atoms with Crippen LogP contribution >= 0.6 is 15.9 Å². The maximum atomic E-state index is 12.0. The van der Waals surface area contributed by atoms with Crippen LogP contribution in [0.3, 0.4) is 0 Å². The number of nitrogens with zero attached hydrogens (tertiary/aromatic N) is 2. The third kappa shape index (κ3) is 4.22. The van der Waals surface area contributed by atoms with E-state index in [4.69, 9.17) is 4.74 Å². The van der Waals surface area contributed by atoms with E-state index in [1.807, 2.05) is 0 Å². The van der Waals surface area contributed by atoms with Gasteiger partial charge in [0.15, 0.2) is 5.78 Å². The fourth-order valence-corrected chi connectivity index (χ4v) is 2.00. The Labute approximate surface area is 110 Å². The number of hydrogen-bond acceptors (Lipinski definition) is 4. The lowest BCUT2D eigenvalue weighted by molar-refractivity contribution is 0.0976. The van der Waals surface area contributed by atoms with Crippen molar-refractivity contribution in [2.24, 2.45) is 0 Å². The van der Waals surface area contributed by atoms with E-state index in [2.05, 4.69) is 33.3 Å². The van der Waals surface area contributed by atoms with Crippen LogP contribution in [0.2, 0.25) is 0 Å². The van der Waals surface area contributed by atoms with Crippen molar-refractivity contribution in [1.29, 1.82) is 0 Å². The minimum absolute atomic E-state index is 0.0407. The Balaban J connectivity index is 2.58. The van der Waals surface area contributed by atoms with Crippen molar-refractivity contribution in [2.45, 2.75) is 19.9 Å². The molecule has 0 aromatic carbocycles. The molecule has 96 valence electrons. The zero-order chi connectivity index (χ0) is 12.7. The zero-order valence-corrected chi connectivity index (χ0v) is 11.8. The first kappa shape index (κ1) is 14.3. The molecule has 0 bridgehead atoms. The van der Waals surface area contributed by atoms with Crippen molar-refractivity contribution in [3.8, 4) is 0 Å². The quantitative estimate of drug-likeness (QED) is 0.584. The number of hydrogen-bond donors (Lipinski definition) is 1. The van der Waals surface area contributed by atoms with E-state index in [1.54, 1.807) is 18.0 Å². The molecule has 1 heterocycles. The minimum Gasteiger partial charge on any atom is -0.383 e. The molecule has 5 nitrogen and oxygen atoms in total. The second-order valence-corrected chi connectivity index (χ2v) is 4.51. The van der Waals surface area contributed by atoms with Gasteiger partial charge < -0.3 is 10.1 Å². The van der Waals surface area contributed by atoms with Crippen molar-refractivity contribution in [1.82, 2.24) is 15.1 Å². The lowest BCUT2D eigenvalue weighted by Crippen LogP contribution is -2.28. The number of methoxy groups -OCH3 is 1. The van der Waals surface area contributed by atoms with E-state index < -0.39 is 0 Å². The Morgan fingerprint density at radius 1 is 1.65 bits per heavy atom. The van der Waals surface area contributed by atoms with Crippen LogP contribution in [0.15, 0.2) is 10.7 Å². The van der Waals surface area contributed by atoms with Gasteiger partial charge in [-0.05, 0) is 22.4 Å². The van der Waals surface area contributed by atoms with Crippen molar-refractivity contribution < 1.29 is 9.53 Å². The average molecular weight is 304 g/mol. The molecule has 0 unspecified atom stereocenters. The number of carbonyl (C=O) groups is 1. The average Bonchev–Trinajstić information content (AvgIpc) is 2.66. The summed E-state index contributed by atoms with van der Waals surface area (Å²) in [4.78, 5) is 12.0. The topological polar surface area (TPSA) is 56.2 Å². The third-order valence-electron chi connectivity index (χ3n) is 2.26. The van der Waals surface area contributed by atoms with Gasteiger partial charge in [-0.3, -0.25) is 9.48 Å². The molecule has 1 rings (SSSR count). The van der Waals surface area contributed by atoms with Crippen LogP contribution in [-0.4, -0.2) is 42.4 Å². The van der Waals surface area contributed by atoms with Crippen molar-refractivity contribution >= 4 is 21.7 Å². The number of nitrogens with one attached hydrogen (secondary N) is 1. The van der Waals surface area contributed by atoms with E-state index in [0.29, 0.717) is 25.4 Å². The van der Waals surface area contributed by atoms with Gasteiger partial charge in [-0.25, -0.2) is 0 Å². The predicted molar refractivity (Wildman–Crippen MR) is 69.3 cm³/mol. The molecule has 6 heteroatoms. The largest absolute Gasteiger partial charge is 0.383 e. The first-order valence-electron chi connectivity index (χ1n) is 5.64. The van der Waals surface area contributed by atoms with Gasteiger partial charge in [0, 0.05) is 20.2 Å². The summed E-state index contributed by atoms with van der Waals surface area (Å²) in [5.74, 6) is 0.0407. The summed E-state index contributed by atoms with van der Waals surface area (Å²) >= 11 is 3.35. The molecule has 1 N–H and O–H groups in total. The SMILES string of the molecule is CCCn1ncc(Br)c1C(=O)CNCCOC. The number of ether oxygens (including phenoxy) is 1. The lowest BCUT2D eigenvalue weighted by atomic mass is 10.2. The van der Waals surface area contributed by atoms with Gasteiger partial charge in [0.25, 0.3) is 0 Å². The molecule has 0 amide bonds. The van der Waals surface area contributed by atoms with Crippen molar-refractivity contribution in [3.05, 3.63) is 16.4 Å². The second kappa shape index (κ2) is 7.58. The van der Waals surface area contributed by atoms with Gasteiger partial charge in [-0.15, -0.1) is 0 Å². The fourth-order valence-electron chi connectivity index (χ4n) is 1.48. The lowest BCUT2D eigenvalue weighted by Gasteiger charge is -2.07. The molecule has 0 fully saturated rings. The summed E-state index contributed by atoms with van der Waals surface area (Å²) in [5, 5.41) is 7.20. The predicted octanol–water partition coefficient (Wildman–Crippen LogP) is 1.47. The van der Waals surface area contributed by atoms with Gasteiger partial charge >= 0.3 is 0 Å². The summed E-state index contributed by atoms with van der Waals surface area (Å²) in [6, 6.07) is 0. The molecule has 0 saturated carbocycles. The smallest absolute Gasteiger partial charge is 0.195 e. The number of rotatable bonds is 8. The summed E-state index contributed by atoms with van der Waals surface area (Å²) in [6.07, 6.45) is 2.61. The van der Waals surface area contributed by atoms with Crippen LogP contribution in [0.4, 0.5) is 0 Å². The molecule has 1 aromatic rings. The summed E-state index contributed by atoms with van der Waals surface area (Å²) < 4.78 is 7.39. The standard InChI is InChI=1S/C11H18BrN3O2/c1-3-5-15-11(9(12)7-14-15)10(16)8-13-4-6-17-2/h7,13H,3-6,8H2,1-2H3. The molecule has 0 radical (unpaired) electrons. The van der Waals surface area contributed by atoms with Crippen molar-refractivity contribution in [3.63, 3.8) is 0 Å². The first-order chi connectivity index (χ1) is 8.20. The van der Waals surface area contributed by atoms with Crippen LogP contribution in [0, 0.1) is 0 Å². The zero-order valence-electron chi connectivity index (χ0n) is 10.2. The van der Waals surface area contributed by atoms with E-state index in [1.165, 1.54) is 0 Å².